The van der Waals surface area contributed by atoms with E-state index in [0.29, 0.717) is 18.0 Å². The molecule has 0 saturated heterocycles. The van der Waals surface area contributed by atoms with Crippen molar-refractivity contribution >= 4 is 17.6 Å². The fraction of sp³-hybridized carbons (Fsp3) is 0.529. The topological polar surface area (TPSA) is 66.8 Å². The van der Waals surface area contributed by atoms with Gasteiger partial charge in [0.2, 0.25) is 5.91 Å². The zero-order chi connectivity index (χ0) is 16.5. The summed E-state index contributed by atoms with van der Waals surface area (Å²) in [5, 5.41) is 8.95. The lowest BCUT2D eigenvalue weighted by atomic mass is 10.0. The zero-order valence-electron chi connectivity index (χ0n) is 13.5. The highest BCUT2D eigenvalue weighted by molar-refractivity contribution is 5.96. The highest BCUT2D eigenvalue weighted by atomic mass is 16.5. The second-order valence-electron chi connectivity index (χ2n) is 5.05. The maximum absolute atomic E-state index is 12.8. The van der Waals surface area contributed by atoms with Crippen LogP contribution in [0.15, 0.2) is 24.3 Å². The van der Waals surface area contributed by atoms with Crippen molar-refractivity contribution in [3.05, 3.63) is 24.3 Å². The number of carbonyl (C=O) groups excluding carboxylic acids is 1. The summed E-state index contributed by atoms with van der Waals surface area (Å²) in [5.74, 6) is -0.465. The van der Waals surface area contributed by atoms with Gasteiger partial charge in [-0.1, -0.05) is 26.0 Å². The predicted molar refractivity (Wildman–Crippen MR) is 86.3 cm³/mol. The molecule has 22 heavy (non-hydrogen) atoms. The molecule has 0 spiro atoms. The highest BCUT2D eigenvalue weighted by Gasteiger charge is 2.25. The smallest absolute Gasteiger partial charge is 0.305 e. The van der Waals surface area contributed by atoms with Gasteiger partial charge in [0, 0.05) is 12.5 Å². The van der Waals surface area contributed by atoms with Crippen LogP contribution in [0.4, 0.5) is 5.69 Å². The van der Waals surface area contributed by atoms with E-state index in [1.165, 1.54) is 0 Å². The predicted octanol–water partition coefficient (Wildman–Crippen LogP) is 3.33. The summed E-state index contributed by atoms with van der Waals surface area (Å²) in [6.07, 6.45) is 1.37. The Bertz CT molecular complexity index is 497. The molecule has 5 heteroatoms. The number of anilines is 1. The van der Waals surface area contributed by atoms with E-state index in [1.807, 2.05) is 32.9 Å². The standard InChI is InChI=1S/C17H25NO4/c1-4-13(5-2)17(21)18(12-11-16(19)20)14-9-7-8-10-15(14)22-6-3/h7-10,13H,4-6,11-12H2,1-3H3,(H,19,20). The minimum absolute atomic E-state index is 0.0431. The van der Waals surface area contributed by atoms with Crippen molar-refractivity contribution in [2.45, 2.75) is 40.0 Å². The molecule has 1 rings (SSSR count). The lowest BCUT2D eigenvalue weighted by Gasteiger charge is -2.27. The fourth-order valence-corrected chi connectivity index (χ4v) is 2.37. The van der Waals surface area contributed by atoms with Gasteiger partial charge in [0.1, 0.15) is 5.75 Å². The summed E-state index contributed by atoms with van der Waals surface area (Å²) < 4.78 is 5.58. The third-order valence-electron chi connectivity index (χ3n) is 3.61. The van der Waals surface area contributed by atoms with Gasteiger partial charge in [-0.05, 0) is 31.9 Å². The number of ether oxygens (including phenoxy) is 1. The molecule has 0 unspecified atom stereocenters. The molecule has 0 saturated carbocycles. The van der Waals surface area contributed by atoms with Crippen LogP contribution in [0.3, 0.4) is 0 Å². The van der Waals surface area contributed by atoms with E-state index in [0.717, 1.165) is 12.8 Å². The van der Waals surface area contributed by atoms with Gasteiger partial charge in [0.25, 0.3) is 0 Å². The van der Waals surface area contributed by atoms with Crippen molar-refractivity contribution < 1.29 is 19.4 Å². The van der Waals surface area contributed by atoms with Crippen LogP contribution >= 0.6 is 0 Å². The molecule has 0 aliphatic carbocycles. The maximum Gasteiger partial charge on any atom is 0.305 e. The third-order valence-corrected chi connectivity index (χ3v) is 3.61. The number of hydrogen-bond acceptors (Lipinski definition) is 3. The first kappa shape index (κ1) is 18.0. The molecule has 1 N–H and O–H groups in total. The Hall–Kier alpha value is -2.04. The Labute approximate surface area is 131 Å². The summed E-state index contributed by atoms with van der Waals surface area (Å²) in [6.45, 7) is 6.45. The molecule has 1 aromatic carbocycles. The Morgan fingerprint density at radius 1 is 1.18 bits per heavy atom. The van der Waals surface area contributed by atoms with Gasteiger partial charge in [0.15, 0.2) is 0 Å². The molecule has 0 aliphatic heterocycles. The molecule has 0 atom stereocenters. The lowest BCUT2D eigenvalue weighted by Crippen LogP contribution is -2.37. The molecule has 0 bridgehead atoms. The van der Waals surface area contributed by atoms with Crippen molar-refractivity contribution in [1.82, 2.24) is 0 Å². The number of rotatable bonds is 9. The van der Waals surface area contributed by atoms with Crippen molar-refractivity contribution in [3.63, 3.8) is 0 Å². The number of hydrogen-bond donors (Lipinski definition) is 1. The van der Waals surface area contributed by atoms with Crippen LogP contribution in [0.2, 0.25) is 0 Å². The zero-order valence-corrected chi connectivity index (χ0v) is 13.5. The molecule has 1 amide bonds. The minimum atomic E-state index is -0.920. The van der Waals surface area contributed by atoms with E-state index >= 15 is 0 Å². The molecular formula is C17H25NO4. The fourth-order valence-electron chi connectivity index (χ4n) is 2.37. The van der Waals surface area contributed by atoms with Crippen LogP contribution in [0, 0.1) is 5.92 Å². The number of para-hydroxylation sites is 2. The minimum Gasteiger partial charge on any atom is -0.492 e. The summed E-state index contributed by atoms with van der Waals surface area (Å²) in [7, 11) is 0. The van der Waals surface area contributed by atoms with E-state index in [-0.39, 0.29) is 24.8 Å². The number of benzene rings is 1. The lowest BCUT2D eigenvalue weighted by molar-refractivity contribution is -0.136. The van der Waals surface area contributed by atoms with Crippen molar-refractivity contribution in [3.8, 4) is 5.75 Å². The van der Waals surface area contributed by atoms with E-state index in [9.17, 15) is 9.59 Å². The summed E-state index contributed by atoms with van der Waals surface area (Å²) in [4.78, 5) is 25.2. The van der Waals surface area contributed by atoms with E-state index < -0.39 is 5.97 Å². The molecule has 0 aliphatic rings. The first-order chi connectivity index (χ1) is 10.5. The van der Waals surface area contributed by atoms with Crippen LogP contribution in [-0.4, -0.2) is 30.1 Å². The van der Waals surface area contributed by atoms with E-state index in [2.05, 4.69) is 0 Å². The van der Waals surface area contributed by atoms with Gasteiger partial charge >= 0.3 is 5.97 Å². The average molecular weight is 307 g/mol. The SMILES string of the molecule is CCOc1ccccc1N(CCC(=O)O)C(=O)C(CC)CC. The van der Waals surface area contributed by atoms with Crippen LogP contribution < -0.4 is 9.64 Å². The molecular weight excluding hydrogens is 282 g/mol. The van der Waals surface area contributed by atoms with Crippen LogP contribution in [0.25, 0.3) is 0 Å². The Morgan fingerprint density at radius 3 is 2.36 bits per heavy atom. The molecule has 0 aromatic heterocycles. The second-order valence-corrected chi connectivity index (χ2v) is 5.05. The quantitative estimate of drug-likeness (QED) is 0.760. The Morgan fingerprint density at radius 2 is 1.82 bits per heavy atom. The molecule has 1 aromatic rings. The number of aliphatic carboxylic acids is 1. The second kappa shape index (κ2) is 9.07. The molecule has 5 nitrogen and oxygen atoms in total. The van der Waals surface area contributed by atoms with Gasteiger partial charge in [-0.15, -0.1) is 0 Å². The van der Waals surface area contributed by atoms with Crippen molar-refractivity contribution in [1.29, 1.82) is 0 Å². The summed E-state index contributed by atoms with van der Waals surface area (Å²) >= 11 is 0. The average Bonchev–Trinajstić information content (AvgIpc) is 2.50. The van der Waals surface area contributed by atoms with Crippen molar-refractivity contribution in [2.75, 3.05) is 18.1 Å². The van der Waals surface area contributed by atoms with Gasteiger partial charge < -0.3 is 14.7 Å². The van der Waals surface area contributed by atoms with Gasteiger partial charge in [0.05, 0.1) is 18.7 Å². The number of carbonyl (C=O) groups is 2. The van der Waals surface area contributed by atoms with Gasteiger partial charge in [-0.25, -0.2) is 0 Å². The highest BCUT2D eigenvalue weighted by Crippen LogP contribution is 2.30. The first-order valence-electron chi connectivity index (χ1n) is 7.80. The Balaban J connectivity index is 3.14. The molecule has 0 radical (unpaired) electrons. The van der Waals surface area contributed by atoms with Gasteiger partial charge in [-0.3, -0.25) is 9.59 Å². The van der Waals surface area contributed by atoms with Gasteiger partial charge in [-0.2, -0.15) is 0 Å². The molecule has 0 heterocycles. The van der Waals surface area contributed by atoms with Crippen LogP contribution in [0.1, 0.15) is 40.0 Å². The third kappa shape index (κ3) is 4.76. The van der Waals surface area contributed by atoms with Crippen LogP contribution in [-0.2, 0) is 9.59 Å². The van der Waals surface area contributed by atoms with Crippen LogP contribution in [0.5, 0.6) is 5.75 Å². The monoisotopic (exact) mass is 307 g/mol. The number of amides is 1. The van der Waals surface area contributed by atoms with E-state index in [1.54, 1.807) is 17.0 Å². The molecule has 0 fully saturated rings. The largest absolute Gasteiger partial charge is 0.492 e. The molecule has 122 valence electrons. The number of carboxylic acid groups (broad SMARTS) is 1. The summed E-state index contributed by atoms with van der Waals surface area (Å²) in [5.41, 5.74) is 0.641. The summed E-state index contributed by atoms with van der Waals surface area (Å²) in [6, 6.07) is 7.26. The number of carboxylic acids is 1. The normalized spacial score (nSPS) is 10.5. The first-order valence-corrected chi connectivity index (χ1v) is 7.80. The van der Waals surface area contributed by atoms with Crippen molar-refractivity contribution in [2.24, 2.45) is 5.92 Å². The number of nitrogens with zero attached hydrogens (tertiary/aromatic N) is 1. The Kier molecular flexibility index (Phi) is 7.43. The van der Waals surface area contributed by atoms with E-state index in [4.69, 9.17) is 9.84 Å². The maximum atomic E-state index is 12.8.